The lowest BCUT2D eigenvalue weighted by Gasteiger charge is -2.29. The first kappa shape index (κ1) is 10.3. The maximum atomic E-state index is 12.1. The predicted octanol–water partition coefficient (Wildman–Crippen LogP) is 1.92. The summed E-state index contributed by atoms with van der Waals surface area (Å²) in [6.45, 7) is 4.38. The van der Waals surface area contributed by atoms with E-state index in [4.69, 9.17) is 9.47 Å². The third-order valence-corrected chi connectivity index (χ3v) is 4.50. The largest absolute Gasteiger partial charge is 0.461 e. The zero-order valence-corrected chi connectivity index (χ0v) is 9.81. The molecule has 0 aromatic heterocycles. The van der Waals surface area contributed by atoms with E-state index in [9.17, 15) is 4.79 Å². The maximum Gasteiger partial charge on any atom is 0.312 e. The highest BCUT2D eigenvalue weighted by Crippen LogP contribution is 2.64. The molecule has 3 aliphatic rings. The molecule has 3 heteroatoms. The molecule has 3 fully saturated rings. The second-order valence-corrected chi connectivity index (χ2v) is 5.46. The molecule has 0 aromatic rings. The second-order valence-electron chi connectivity index (χ2n) is 5.46. The van der Waals surface area contributed by atoms with Crippen LogP contribution in [0.4, 0.5) is 0 Å². The fourth-order valence-electron chi connectivity index (χ4n) is 3.57. The van der Waals surface area contributed by atoms with Gasteiger partial charge in [0.05, 0.1) is 17.6 Å². The van der Waals surface area contributed by atoms with Crippen molar-refractivity contribution in [2.75, 3.05) is 6.61 Å². The van der Waals surface area contributed by atoms with E-state index in [1.807, 2.05) is 26.0 Å². The summed E-state index contributed by atoms with van der Waals surface area (Å²) in [5.41, 5.74) is -0.288. The van der Waals surface area contributed by atoms with Crippen LogP contribution in [0.3, 0.4) is 0 Å². The van der Waals surface area contributed by atoms with Crippen LogP contribution in [0.15, 0.2) is 12.2 Å². The molecular weight excluding hydrogens is 204 g/mol. The van der Waals surface area contributed by atoms with Crippen molar-refractivity contribution in [2.24, 2.45) is 17.3 Å². The first-order chi connectivity index (χ1) is 7.66. The standard InChI is InChI=1S/C13H18O3/c1-3-4-5-15-12(14)13(2)7-8-6-9(13)11-10(8)16-11/h3-4,8-11H,5-7H2,1-2H3. The van der Waals surface area contributed by atoms with Gasteiger partial charge in [-0.25, -0.2) is 0 Å². The Labute approximate surface area is 95.8 Å². The van der Waals surface area contributed by atoms with E-state index in [2.05, 4.69) is 0 Å². The van der Waals surface area contributed by atoms with E-state index in [1.165, 1.54) is 0 Å². The minimum Gasteiger partial charge on any atom is -0.461 e. The Morgan fingerprint density at radius 3 is 3.00 bits per heavy atom. The molecule has 1 saturated heterocycles. The minimum atomic E-state index is -0.288. The Kier molecular flexibility index (Phi) is 2.15. The number of allylic oxidation sites excluding steroid dienone is 1. The number of rotatable bonds is 3. The van der Waals surface area contributed by atoms with Crippen molar-refractivity contribution in [3.8, 4) is 0 Å². The molecule has 0 N–H and O–H groups in total. The molecule has 16 heavy (non-hydrogen) atoms. The summed E-state index contributed by atoms with van der Waals surface area (Å²) in [7, 11) is 0. The molecule has 2 aliphatic carbocycles. The van der Waals surface area contributed by atoms with Gasteiger partial charge in [0.25, 0.3) is 0 Å². The molecule has 0 amide bonds. The van der Waals surface area contributed by atoms with Gasteiger partial charge in [-0.15, -0.1) is 0 Å². The summed E-state index contributed by atoms with van der Waals surface area (Å²) in [5.74, 6) is 0.974. The van der Waals surface area contributed by atoms with Gasteiger partial charge in [-0.2, -0.15) is 0 Å². The lowest BCUT2D eigenvalue weighted by molar-refractivity contribution is -0.156. The highest BCUT2D eigenvalue weighted by molar-refractivity contribution is 5.78. The second kappa shape index (κ2) is 3.33. The zero-order chi connectivity index (χ0) is 11.3. The SMILES string of the molecule is CC=CCOC(=O)C1(C)CC2CC1C1OC21. The number of esters is 1. The van der Waals surface area contributed by atoms with Gasteiger partial charge in [0, 0.05) is 5.92 Å². The quantitative estimate of drug-likeness (QED) is 0.416. The highest BCUT2D eigenvalue weighted by atomic mass is 16.6. The summed E-state index contributed by atoms with van der Waals surface area (Å²) in [6, 6.07) is 0. The van der Waals surface area contributed by atoms with Crippen LogP contribution >= 0.6 is 0 Å². The van der Waals surface area contributed by atoms with Crippen LogP contribution in [-0.2, 0) is 14.3 Å². The van der Waals surface area contributed by atoms with Crippen LogP contribution in [0.25, 0.3) is 0 Å². The van der Waals surface area contributed by atoms with Gasteiger partial charge < -0.3 is 9.47 Å². The third-order valence-electron chi connectivity index (χ3n) is 4.50. The van der Waals surface area contributed by atoms with Crippen molar-refractivity contribution in [3.05, 3.63) is 12.2 Å². The van der Waals surface area contributed by atoms with Crippen molar-refractivity contribution in [1.29, 1.82) is 0 Å². The van der Waals surface area contributed by atoms with Crippen molar-refractivity contribution >= 4 is 5.97 Å². The summed E-state index contributed by atoms with van der Waals surface area (Å²) in [4.78, 5) is 12.1. The number of hydrogen-bond acceptors (Lipinski definition) is 3. The lowest BCUT2D eigenvalue weighted by atomic mass is 9.75. The van der Waals surface area contributed by atoms with Crippen LogP contribution in [0.5, 0.6) is 0 Å². The summed E-state index contributed by atoms with van der Waals surface area (Å²) >= 11 is 0. The normalized spacial score (nSPS) is 48.4. The molecule has 88 valence electrons. The monoisotopic (exact) mass is 222 g/mol. The van der Waals surface area contributed by atoms with Crippen LogP contribution < -0.4 is 0 Å². The molecule has 0 aromatic carbocycles. The fourth-order valence-corrected chi connectivity index (χ4v) is 3.57. The van der Waals surface area contributed by atoms with Crippen LogP contribution in [0, 0.1) is 17.3 Å². The third kappa shape index (κ3) is 1.27. The number of epoxide rings is 1. The van der Waals surface area contributed by atoms with E-state index in [0.717, 1.165) is 12.8 Å². The Balaban J connectivity index is 1.67. The van der Waals surface area contributed by atoms with Crippen molar-refractivity contribution in [2.45, 2.75) is 38.9 Å². The van der Waals surface area contributed by atoms with Gasteiger partial charge in [-0.05, 0) is 32.6 Å². The molecule has 2 bridgehead atoms. The van der Waals surface area contributed by atoms with E-state index in [-0.39, 0.29) is 11.4 Å². The molecule has 2 saturated carbocycles. The van der Waals surface area contributed by atoms with Crippen molar-refractivity contribution in [1.82, 2.24) is 0 Å². The molecular formula is C13H18O3. The van der Waals surface area contributed by atoms with Gasteiger partial charge in [0.1, 0.15) is 6.61 Å². The Morgan fingerprint density at radius 2 is 2.38 bits per heavy atom. The molecule has 5 unspecified atom stereocenters. The average molecular weight is 222 g/mol. The molecule has 1 aliphatic heterocycles. The first-order valence-electron chi connectivity index (χ1n) is 6.10. The number of ether oxygens (including phenoxy) is 2. The predicted molar refractivity (Wildman–Crippen MR) is 58.8 cm³/mol. The van der Waals surface area contributed by atoms with Crippen molar-refractivity contribution < 1.29 is 14.3 Å². The smallest absolute Gasteiger partial charge is 0.312 e. The van der Waals surface area contributed by atoms with Gasteiger partial charge >= 0.3 is 5.97 Å². The number of carbonyl (C=O) groups excluding carboxylic acids is 1. The zero-order valence-electron chi connectivity index (χ0n) is 9.81. The average Bonchev–Trinajstić information content (AvgIpc) is 2.90. The lowest BCUT2D eigenvalue weighted by Crippen LogP contribution is -2.38. The summed E-state index contributed by atoms with van der Waals surface area (Å²) in [5, 5.41) is 0. The Morgan fingerprint density at radius 1 is 1.56 bits per heavy atom. The molecule has 0 spiro atoms. The maximum absolute atomic E-state index is 12.1. The molecule has 3 nitrogen and oxygen atoms in total. The van der Waals surface area contributed by atoms with Gasteiger partial charge in [-0.3, -0.25) is 4.79 Å². The molecule has 5 atom stereocenters. The molecule has 1 heterocycles. The topological polar surface area (TPSA) is 38.8 Å². The van der Waals surface area contributed by atoms with Gasteiger partial charge in [-0.1, -0.05) is 12.2 Å². The summed E-state index contributed by atoms with van der Waals surface area (Å²) < 4.78 is 10.9. The van der Waals surface area contributed by atoms with Gasteiger partial charge in [0.15, 0.2) is 0 Å². The van der Waals surface area contributed by atoms with Crippen LogP contribution in [0.2, 0.25) is 0 Å². The van der Waals surface area contributed by atoms with Crippen molar-refractivity contribution in [3.63, 3.8) is 0 Å². The Bertz CT molecular complexity index is 349. The highest BCUT2D eigenvalue weighted by Gasteiger charge is 2.69. The minimum absolute atomic E-state index is 0.0351. The Hall–Kier alpha value is -0.830. The first-order valence-corrected chi connectivity index (χ1v) is 6.10. The summed E-state index contributed by atoms with van der Waals surface area (Å²) in [6.07, 6.45) is 6.71. The number of fused-ring (bicyclic) bond motifs is 5. The number of carbonyl (C=O) groups is 1. The van der Waals surface area contributed by atoms with Gasteiger partial charge in [0.2, 0.25) is 0 Å². The molecule has 3 rings (SSSR count). The van der Waals surface area contributed by atoms with Crippen LogP contribution in [-0.4, -0.2) is 24.8 Å². The van der Waals surface area contributed by atoms with Crippen LogP contribution in [0.1, 0.15) is 26.7 Å². The van der Waals surface area contributed by atoms with E-state index < -0.39 is 0 Å². The van der Waals surface area contributed by atoms with E-state index in [0.29, 0.717) is 30.7 Å². The van der Waals surface area contributed by atoms with E-state index >= 15 is 0 Å². The number of hydrogen-bond donors (Lipinski definition) is 0. The van der Waals surface area contributed by atoms with E-state index in [1.54, 1.807) is 0 Å². The molecule has 0 radical (unpaired) electrons. The fraction of sp³-hybridized carbons (Fsp3) is 0.769.